The third kappa shape index (κ3) is 3.45. The van der Waals surface area contributed by atoms with E-state index in [0.717, 1.165) is 6.54 Å². The van der Waals surface area contributed by atoms with Crippen LogP contribution >= 0.6 is 0 Å². The number of benzene rings is 1. The Bertz CT molecular complexity index is 574. The van der Waals surface area contributed by atoms with E-state index in [0.29, 0.717) is 12.6 Å². The van der Waals surface area contributed by atoms with Crippen LogP contribution in [-0.4, -0.2) is 22.9 Å². The first-order chi connectivity index (χ1) is 10.1. The van der Waals surface area contributed by atoms with Gasteiger partial charge in [-0.1, -0.05) is 12.1 Å². The van der Waals surface area contributed by atoms with Gasteiger partial charge in [0.1, 0.15) is 0 Å². The minimum absolute atomic E-state index is 0.157. The molecule has 0 amide bonds. The summed E-state index contributed by atoms with van der Waals surface area (Å²) >= 11 is 0. The summed E-state index contributed by atoms with van der Waals surface area (Å²) in [5.41, 5.74) is 9.72. The average molecular weight is 286 g/mol. The van der Waals surface area contributed by atoms with Gasteiger partial charge in [-0.05, 0) is 45.4 Å². The van der Waals surface area contributed by atoms with E-state index in [1.165, 1.54) is 16.8 Å². The lowest BCUT2D eigenvalue weighted by Gasteiger charge is -2.31. The maximum absolute atomic E-state index is 6.06. The highest BCUT2D eigenvalue weighted by Crippen LogP contribution is 2.27. The van der Waals surface area contributed by atoms with Gasteiger partial charge in [-0.25, -0.2) is 0 Å². The second kappa shape index (κ2) is 6.76. The summed E-state index contributed by atoms with van der Waals surface area (Å²) in [7, 11) is 0. The molecule has 0 bridgehead atoms. The molecule has 1 unspecified atom stereocenters. The van der Waals surface area contributed by atoms with Crippen LogP contribution in [-0.2, 0) is 0 Å². The van der Waals surface area contributed by atoms with Crippen LogP contribution in [0.3, 0.4) is 0 Å². The molecule has 1 aromatic heterocycles. The van der Waals surface area contributed by atoms with Crippen LogP contribution in [0.5, 0.6) is 0 Å². The Balaban J connectivity index is 2.32. The van der Waals surface area contributed by atoms with Gasteiger partial charge < -0.3 is 10.6 Å². The van der Waals surface area contributed by atoms with E-state index in [1.54, 1.807) is 0 Å². The third-order valence-electron chi connectivity index (χ3n) is 3.81. The highest BCUT2D eigenvalue weighted by molar-refractivity contribution is 5.50. The molecule has 21 heavy (non-hydrogen) atoms. The van der Waals surface area contributed by atoms with Crippen molar-refractivity contribution in [2.45, 2.75) is 39.8 Å². The quantitative estimate of drug-likeness (QED) is 0.886. The van der Waals surface area contributed by atoms with Gasteiger partial charge in [-0.15, -0.1) is 0 Å². The molecule has 0 fully saturated rings. The minimum Gasteiger partial charge on any atom is -0.363 e. The van der Waals surface area contributed by atoms with Gasteiger partial charge in [0.15, 0.2) is 0 Å². The maximum Gasteiger partial charge on any atom is 0.0695 e. The van der Waals surface area contributed by atoms with Crippen molar-refractivity contribution >= 4 is 5.69 Å². The molecule has 114 valence electrons. The Hall–Kier alpha value is -1.81. The van der Waals surface area contributed by atoms with Gasteiger partial charge >= 0.3 is 0 Å². The Morgan fingerprint density at radius 1 is 1.33 bits per heavy atom. The predicted molar refractivity (Wildman–Crippen MR) is 88.6 cm³/mol. The van der Waals surface area contributed by atoms with Crippen molar-refractivity contribution < 1.29 is 0 Å². The SMILES string of the molecule is CCN(c1cccc(C)c1)C(CN)c1cnn(C(C)C)c1. The molecule has 1 atom stereocenters. The fraction of sp³-hybridized carbons (Fsp3) is 0.471. The molecule has 1 heterocycles. The van der Waals surface area contributed by atoms with Crippen LogP contribution in [0.25, 0.3) is 0 Å². The number of rotatable bonds is 6. The van der Waals surface area contributed by atoms with Crippen molar-refractivity contribution in [1.82, 2.24) is 9.78 Å². The number of hydrogen-bond donors (Lipinski definition) is 1. The van der Waals surface area contributed by atoms with Crippen molar-refractivity contribution in [2.75, 3.05) is 18.0 Å². The van der Waals surface area contributed by atoms with E-state index in [1.807, 2.05) is 10.9 Å². The summed E-state index contributed by atoms with van der Waals surface area (Å²) < 4.78 is 1.99. The van der Waals surface area contributed by atoms with Crippen molar-refractivity contribution in [3.63, 3.8) is 0 Å². The Labute approximate surface area is 127 Å². The summed E-state index contributed by atoms with van der Waals surface area (Å²) in [4.78, 5) is 2.34. The fourth-order valence-corrected chi connectivity index (χ4v) is 2.64. The molecule has 0 spiro atoms. The van der Waals surface area contributed by atoms with E-state index in [2.05, 4.69) is 68.2 Å². The van der Waals surface area contributed by atoms with Gasteiger partial charge in [0, 0.05) is 36.6 Å². The molecule has 0 aliphatic carbocycles. The normalized spacial score (nSPS) is 12.7. The highest BCUT2D eigenvalue weighted by atomic mass is 15.3. The molecule has 4 heteroatoms. The van der Waals surface area contributed by atoms with Crippen molar-refractivity contribution in [3.05, 3.63) is 47.8 Å². The maximum atomic E-state index is 6.06. The standard InChI is InChI=1S/C17H26N4/c1-5-20(16-8-6-7-14(4)9-16)17(10-18)15-11-19-21(12-15)13(2)3/h6-9,11-13,17H,5,10,18H2,1-4H3. The van der Waals surface area contributed by atoms with E-state index in [-0.39, 0.29) is 6.04 Å². The monoisotopic (exact) mass is 286 g/mol. The second-order valence-electron chi connectivity index (χ2n) is 5.72. The third-order valence-corrected chi connectivity index (χ3v) is 3.81. The van der Waals surface area contributed by atoms with E-state index in [4.69, 9.17) is 5.73 Å². The molecule has 0 saturated carbocycles. The first-order valence-electron chi connectivity index (χ1n) is 7.64. The Morgan fingerprint density at radius 2 is 2.10 bits per heavy atom. The average Bonchev–Trinajstić information content (AvgIpc) is 2.94. The predicted octanol–water partition coefficient (Wildman–Crippen LogP) is 3.30. The molecule has 0 saturated heterocycles. The summed E-state index contributed by atoms with van der Waals surface area (Å²) in [6.07, 6.45) is 4.05. The molecular formula is C17H26N4. The highest BCUT2D eigenvalue weighted by Gasteiger charge is 2.20. The fourth-order valence-electron chi connectivity index (χ4n) is 2.64. The number of hydrogen-bond acceptors (Lipinski definition) is 3. The second-order valence-corrected chi connectivity index (χ2v) is 5.72. The molecule has 1 aromatic carbocycles. The van der Waals surface area contributed by atoms with Crippen LogP contribution in [0.2, 0.25) is 0 Å². The summed E-state index contributed by atoms with van der Waals surface area (Å²) in [5, 5.41) is 4.45. The molecule has 0 radical (unpaired) electrons. The number of nitrogens with zero attached hydrogens (tertiary/aromatic N) is 3. The van der Waals surface area contributed by atoms with Crippen LogP contribution in [0.4, 0.5) is 5.69 Å². The van der Waals surface area contributed by atoms with E-state index >= 15 is 0 Å². The van der Waals surface area contributed by atoms with Gasteiger partial charge in [-0.3, -0.25) is 4.68 Å². The van der Waals surface area contributed by atoms with Gasteiger partial charge in [0.25, 0.3) is 0 Å². The van der Waals surface area contributed by atoms with Crippen molar-refractivity contribution in [2.24, 2.45) is 5.73 Å². The number of anilines is 1. The van der Waals surface area contributed by atoms with E-state index in [9.17, 15) is 0 Å². The lowest BCUT2D eigenvalue weighted by molar-refractivity contribution is 0.531. The molecule has 0 aliphatic heterocycles. The van der Waals surface area contributed by atoms with Crippen LogP contribution in [0.1, 0.15) is 44.0 Å². The molecule has 2 aromatic rings. The number of aryl methyl sites for hydroxylation is 1. The first kappa shape index (κ1) is 15.6. The smallest absolute Gasteiger partial charge is 0.0695 e. The molecular weight excluding hydrogens is 260 g/mol. The van der Waals surface area contributed by atoms with Gasteiger partial charge in [0.2, 0.25) is 0 Å². The van der Waals surface area contributed by atoms with Crippen LogP contribution in [0, 0.1) is 6.92 Å². The zero-order chi connectivity index (χ0) is 15.4. The summed E-state index contributed by atoms with van der Waals surface area (Å²) in [5.74, 6) is 0. The number of aromatic nitrogens is 2. The van der Waals surface area contributed by atoms with Crippen molar-refractivity contribution in [1.29, 1.82) is 0 Å². The van der Waals surface area contributed by atoms with E-state index < -0.39 is 0 Å². The van der Waals surface area contributed by atoms with Crippen LogP contribution < -0.4 is 10.6 Å². The largest absolute Gasteiger partial charge is 0.363 e. The lowest BCUT2D eigenvalue weighted by atomic mass is 10.1. The molecule has 2 N–H and O–H groups in total. The summed E-state index contributed by atoms with van der Waals surface area (Å²) in [6, 6.07) is 9.09. The van der Waals surface area contributed by atoms with Gasteiger partial charge in [-0.2, -0.15) is 5.10 Å². The Kier molecular flexibility index (Phi) is 5.02. The molecule has 4 nitrogen and oxygen atoms in total. The summed E-state index contributed by atoms with van der Waals surface area (Å²) in [6.45, 7) is 10.0. The van der Waals surface area contributed by atoms with Crippen LogP contribution in [0.15, 0.2) is 36.7 Å². The zero-order valence-electron chi connectivity index (χ0n) is 13.5. The topological polar surface area (TPSA) is 47.1 Å². The Morgan fingerprint density at radius 3 is 2.62 bits per heavy atom. The first-order valence-corrected chi connectivity index (χ1v) is 7.64. The minimum atomic E-state index is 0.157. The van der Waals surface area contributed by atoms with Crippen molar-refractivity contribution in [3.8, 4) is 0 Å². The van der Waals surface area contributed by atoms with Gasteiger partial charge in [0.05, 0.1) is 12.2 Å². The number of likely N-dealkylation sites (N-methyl/N-ethyl adjacent to an activating group) is 1. The molecule has 2 rings (SSSR count). The number of nitrogens with two attached hydrogens (primary N) is 1. The molecule has 0 aliphatic rings. The zero-order valence-corrected chi connectivity index (χ0v) is 13.5. The lowest BCUT2D eigenvalue weighted by Crippen LogP contribution is -2.33.